The number of rotatable bonds is 6. The molecule has 1 aliphatic rings. The Morgan fingerprint density at radius 3 is 2.74 bits per heavy atom. The fourth-order valence-corrected chi connectivity index (χ4v) is 2.74. The van der Waals surface area contributed by atoms with Crippen LogP contribution in [0, 0.1) is 6.07 Å². The van der Waals surface area contributed by atoms with Crippen molar-refractivity contribution in [3.63, 3.8) is 0 Å². The fourth-order valence-electron chi connectivity index (χ4n) is 2.54. The normalized spacial score (nSPS) is 14.5. The summed E-state index contributed by atoms with van der Waals surface area (Å²) in [6, 6.07) is 8.42. The van der Waals surface area contributed by atoms with Crippen LogP contribution in [0.25, 0.3) is 0 Å². The molecule has 0 saturated carbocycles. The fraction of sp³-hybridized carbons (Fsp3) is 0.333. The monoisotopic (exact) mass is 399 g/mol. The number of halogens is 4. The molecule has 3 rings (SSSR count). The zero-order chi connectivity index (χ0) is 19.4. The van der Waals surface area contributed by atoms with E-state index in [-0.39, 0.29) is 22.6 Å². The Hall–Kier alpha value is -2.48. The van der Waals surface area contributed by atoms with Crippen molar-refractivity contribution in [3.8, 4) is 17.4 Å². The molecule has 143 valence electrons. The predicted octanol–water partition coefficient (Wildman–Crippen LogP) is 4.35. The lowest BCUT2D eigenvalue weighted by atomic mass is 10.3. The van der Waals surface area contributed by atoms with E-state index in [0.717, 1.165) is 19.0 Å². The molecule has 1 aromatic carbocycles. The third-order valence-electron chi connectivity index (χ3n) is 3.87. The van der Waals surface area contributed by atoms with Gasteiger partial charge in [-0.15, -0.1) is 0 Å². The van der Waals surface area contributed by atoms with Crippen LogP contribution in [0.4, 0.5) is 13.2 Å². The molecule has 1 aromatic heterocycles. The van der Waals surface area contributed by atoms with E-state index in [1.54, 1.807) is 23.1 Å². The lowest BCUT2D eigenvalue weighted by Gasteiger charge is -2.16. The Balaban J connectivity index is 1.61. The highest BCUT2D eigenvalue weighted by Gasteiger charge is 2.31. The first-order valence-corrected chi connectivity index (χ1v) is 8.54. The molecular formula is C18H15ClF3N2O3. The van der Waals surface area contributed by atoms with Crippen LogP contribution < -0.4 is 9.47 Å². The maximum Gasteiger partial charge on any atom is 0.417 e. The second-order valence-electron chi connectivity index (χ2n) is 5.82. The predicted molar refractivity (Wildman–Crippen MR) is 90.9 cm³/mol. The smallest absolute Gasteiger partial charge is 0.417 e. The number of hydrogen-bond acceptors (Lipinski definition) is 4. The summed E-state index contributed by atoms with van der Waals surface area (Å²) in [5.41, 5.74) is -0.961. The van der Waals surface area contributed by atoms with Gasteiger partial charge in [0.25, 0.3) is 0 Å². The van der Waals surface area contributed by atoms with Crippen molar-refractivity contribution in [1.82, 2.24) is 9.88 Å². The van der Waals surface area contributed by atoms with Gasteiger partial charge >= 0.3 is 6.18 Å². The van der Waals surface area contributed by atoms with Crippen LogP contribution in [0.1, 0.15) is 18.4 Å². The lowest BCUT2D eigenvalue weighted by Crippen LogP contribution is -2.29. The SMILES string of the molecule is O=C1CCCN1CCOc1[c]c(Oc2ncc(C(F)(F)F)cc2Cl)ccc1. The summed E-state index contributed by atoms with van der Waals surface area (Å²) >= 11 is 5.83. The second-order valence-corrected chi connectivity index (χ2v) is 6.23. The maximum absolute atomic E-state index is 12.6. The van der Waals surface area contributed by atoms with Gasteiger partial charge in [-0.25, -0.2) is 4.98 Å². The van der Waals surface area contributed by atoms with Gasteiger partial charge in [0, 0.05) is 19.2 Å². The van der Waals surface area contributed by atoms with Gasteiger partial charge in [-0.05, 0) is 24.6 Å². The number of benzene rings is 1. The Labute approximate surface area is 158 Å². The van der Waals surface area contributed by atoms with Crippen LogP contribution in [-0.2, 0) is 11.0 Å². The molecular weight excluding hydrogens is 385 g/mol. The number of aromatic nitrogens is 1. The van der Waals surface area contributed by atoms with Crippen molar-refractivity contribution in [2.24, 2.45) is 0 Å². The minimum absolute atomic E-state index is 0.114. The van der Waals surface area contributed by atoms with Crippen LogP contribution in [0.15, 0.2) is 30.5 Å². The van der Waals surface area contributed by atoms with Crippen molar-refractivity contribution >= 4 is 17.5 Å². The topological polar surface area (TPSA) is 51.7 Å². The van der Waals surface area contributed by atoms with E-state index in [2.05, 4.69) is 11.1 Å². The van der Waals surface area contributed by atoms with Crippen molar-refractivity contribution in [2.75, 3.05) is 19.7 Å². The molecule has 2 heterocycles. The first-order valence-electron chi connectivity index (χ1n) is 8.16. The minimum atomic E-state index is -4.54. The van der Waals surface area contributed by atoms with Crippen molar-refractivity contribution < 1.29 is 27.4 Å². The summed E-state index contributed by atoms with van der Waals surface area (Å²) in [6.45, 7) is 1.50. The Morgan fingerprint density at radius 1 is 1.30 bits per heavy atom. The molecule has 0 unspecified atom stereocenters. The van der Waals surface area contributed by atoms with E-state index in [1.807, 2.05) is 0 Å². The number of alkyl halides is 3. The molecule has 2 aromatic rings. The van der Waals surface area contributed by atoms with Crippen LogP contribution >= 0.6 is 11.6 Å². The standard InChI is InChI=1S/C18H15ClF3N2O3/c19-15-9-12(18(20,21)22)11-23-17(15)27-14-4-1-3-13(10-14)26-8-7-24-6-2-5-16(24)25/h1,3-4,9,11H,2,5-8H2. The highest BCUT2D eigenvalue weighted by atomic mass is 35.5. The summed E-state index contributed by atoms with van der Waals surface area (Å²) in [7, 11) is 0. The van der Waals surface area contributed by atoms with E-state index >= 15 is 0 Å². The zero-order valence-corrected chi connectivity index (χ0v) is 14.8. The maximum atomic E-state index is 12.6. The number of nitrogens with zero attached hydrogens (tertiary/aromatic N) is 2. The molecule has 0 N–H and O–H groups in total. The average Bonchev–Trinajstić information content (AvgIpc) is 3.01. The molecule has 1 aliphatic heterocycles. The van der Waals surface area contributed by atoms with Crippen molar-refractivity contribution in [2.45, 2.75) is 19.0 Å². The third-order valence-corrected chi connectivity index (χ3v) is 4.14. The summed E-state index contributed by atoms with van der Waals surface area (Å²) in [4.78, 5) is 16.9. The molecule has 0 atom stereocenters. The number of carbonyl (C=O) groups excluding carboxylic acids is 1. The largest absolute Gasteiger partial charge is 0.491 e. The van der Waals surface area contributed by atoms with Crippen LogP contribution in [-0.4, -0.2) is 35.5 Å². The summed E-state index contributed by atoms with van der Waals surface area (Å²) in [6.07, 6.45) is -2.47. The molecule has 1 fully saturated rings. The van der Waals surface area contributed by atoms with Gasteiger partial charge in [0.15, 0.2) is 0 Å². The quantitative estimate of drug-likeness (QED) is 0.724. The lowest BCUT2D eigenvalue weighted by molar-refractivity contribution is -0.137. The average molecular weight is 400 g/mol. The van der Waals surface area contributed by atoms with Gasteiger partial charge in [0.1, 0.15) is 23.1 Å². The molecule has 1 amide bonds. The van der Waals surface area contributed by atoms with Gasteiger partial charge in [-0.3, -0.25) is 4.79 Å². The number of pyridine rings is 1. The minimum Gasteiger partial charge on any atom is -0.491 e. The number of carbonyl (C=O) groups is 1. The van der Waals surface area contributed by atoms with Crippen molar-refractivity contribution in [3.05, 3.63) is 47.1 Å². The molecule has 0 aliphatic carbocycles. The second kappa shape index (κ2) is 8.04. The van der Waals surface area contributed by atoms with E-state index < -0.39 is 11.7 Å². The third kappa shape index (κ3) is 5.03. The number of ether oxygens (including phenoxy) is 2. The number of amides is 1. The van der Waals surface area contributed by atoms with E-state index in [9.17, 15) is 18.0 Å². The van der Waals surface area contributed by atoms with Gasteiger partial charge in [0.05, 0.1) is 18.2 Å². The number of likely N-dealkylation sites (tertiary alicyclic amines) is 1. The Morgan fingerprint density at radius 2 is 2.07 bits per heavy atom. The van der Waals surface area contributed by atoms with Crippen LogP contribution in [0.5, 0.6) is 17.4 Å². The van der Waals surface area contributed by atoms with Crippen LogP contribution in [0.2, 0.25) is 5.02 Å². The summed E-state index contributed by atoms with van der Waals surface area (Å²) < 4.78 is 48.9. The van der Waals surface area contributed by atoms with E-state index in [1.165, 1.54) is 0 Å². The van der Waals surface area contributed by atoms with Gasteiger partial charge < -0.3 is 14.4 Å². The number of hydrogen-bond donors (Lipinski definition) is 0. The van der Waals surface area contributed by atoms with Crippen LogP contribution in [0.3, 0.4) is 0 Å². The van der Waals surface area contributed by atoms with E-state index in [4.69, 9.17) is 21.1 Å². The van der Waals surface area contributed by atoms with Gasteiger partial charge in [-0.2, -0.15) is 13.2 Å². The molecule has 27 heavy (non-hydrogen) atoms. The van der Waals surface area contributed by atoms with Gasteiger partial charge in [-0.1, -0.05) is 17.7 Å². The highest BCUT2D eigenvalue weighted by Crippen LogP contribution is 2.35. The summed E-state index contributed by atoms with van der Waals surface area (Å²) in [5.74, 6) is 0.518. The van der Waals surface area contributed by atoms with Crippen molar-refractivity contribution in [1.29, 1.82) is 0 Å². The first kappa shape index (κ1) is 19.3. The molecule has 5 nitrogen and oxygen atoms in total. The summed E-state index contributed by atoms with van der Waals surface area (Å²) in [5, 5.41) is -0.267. The molecule has 9 heteroatoms. The zero-order valence-electron chi connectivity index (χ0n) is 14.1. The molecule has 0 spiro atoms. The Bertz CT molecular complexity index is 830. The first-order chi connectivity index (χ1) is 12.8. The van der Waals surface area contributed by atoms with Gasteiger partial charge in [0.2, 0.25) is 11.8 Å². The van der Waals surface area contributed by atoms with E-state index in [0.29, 0.717) is 31.5 Å². The Kier molecular flexibility index (Phi) is 5.74. The molecule has 0 bridgehead atoms. The molecule has 1 saturated heterocycles. The molecule has 1 radical (unpaired) electrons. The highest BCUT2D eigenvalue weighted by molar-refractivity contribution is 6.31.